The number of aromatic nitrogens is 3. The number of pyridine rings is 1. The predicted octanol–water partition coefficient (Wildman–Crippen LogP) is 5.56. The molecule has 7 rings (SSSR count). The van der Waals surface area contributed by atoms with Gasteiger partial charge in [0.1, 0.15) is 11.0 Å². The summed E-state index contributed by atoms with van der Waals surface area (Å²) in [6.45, 7) is 1.54. The molecule has 4 aliphatic rings. The van der Waals surface area contributed by atoms with Gasteiger partial charge >= 0.3 is 0 Å². The Hall–Kier alpha value is -2.40. The number of hydrogen-bond donors (Lipinski definition) is 1. The molecule has 3 aromatic rings. The Morgan fingerprint density at radius 2 is 1.87 bits per heavy atom. The van der Waals surface area contributed by atoms with Crippen molar-refractivity contribution in [3.8, 4) is 0 Å². The number of hydrogen-bond acceptors (Lipinski definition) is 3. The number of rotatable bonds is 4. The number of imidazole rings is 1. The van der Waals surface area contributed by atoms with Crippen LogP contribution < -0.4 is 5.32 Å². The fourth-order valence-corrected chi connectivity index (χ4v) is 7.31. The highest BCUT2D eigenvalue weighted by Crippen LogP contribution is 2.59. The van der Waals surface area contributed by atoms with Crippen molar-refractivity contribution in [1.29, 1.82) is 0 Å². The molecular weight excluding hydrogens is 408 g/mol. The Bertz CT molecular complexity index is 1150. The summed E-state index contributed by atoms with van der Waals surface area (Å²) in [5.74, 6) is 3.53. The van der Waals surface area contributed by atoms with Gasteiger partial charge < -0.3 is 9.88 Å². The highest BCUT2D eigenvalue weighted by Gasteiger charge is 2.52. The lowest BCUT2D eigenvalue weighted by Crippen LogP contribution is -2.52. The van der Waals surface area contributed by atoms with E-state index in [4.69, 9.17) is 16.6 Å². The van der Waals surface area contributed by atoms with Crippen molar-refractivity contribution >= 4 is 34.2 Å². The van der Waals surface area contributed by atoms with Crippen molar-refractivity contribution < 1.29 is 4.79 Å². The van der Waals surface area contributed by atoms with E-state index in [0.717, 1.165) is 40.3 Å². The minimum absolute atomic E-state index is 0.0674. The zero-order chi connectivity index (χ0) is 21.2. The van der Waals surface area contributed by atoms with Crippen LogP contribution in [0.25, 0.3) is 11.0 Å². The number of halogens is 1. The van der Waals surface area contributed by atoms with Gasteiger partial charge in [0.25, 0.3) is 0 Å². The second kappa shape index (κ2) is 7.06. The van der Waals surface area contributed by atoms with Crippen LogP contribution in [0.4, 0.5) is 5.69 Å². The second-order valence-electron chi connectivity index (χ2n) is 10.0. The van der Waals surface area contributed by atoms with Crippen LogP contribution >= 0.6 is 11.6 Å². The van der Waals surface area contributed by atoms with Gasteiger partial charge in [0.05, 0.1) is 11.0 Å². The van der Waals surface area contributed by atoms with Gasteiger partial charge in [-0.2, -0.15) is 0 Å². The molecule has 0 aliphatic heterocycles. The Kier molecular flexibility index (Phi) is 4.39. The number of carbonyl (C=O) groups excluding carboxylic acids is 1. The summed E-state index contributed by atoms with van der Waals surface area (Å²) in [5.41, 5.74) is 4.07. The maximum atomic E-state index is 11.6. The number of benzene rings is 1. The zero-order valence-electron chi connectivity index (χ0n) is 17.8. The average Bonchev–Trinajstić information content (AvgIpc) is 3.06. The van der Waals surface area contributed by atoms with Gasteiger partial charge in [-0.15, -0.1) is 0 Å². The fraction of sp³-hybridized carbons (Fsp3) is 0.480. The number of amides is 1. The smallest absolute Gasteiger partial charge is 0.221 e. The molecule has 31 heavy (non-hydrogen) atoms. The minimum Gasteiger partial charge on any atom is -0.326 e. The lowest BCUT2D eigenvalue weighted by molar-refractivity contribution is -0.114. The Labute approximate surface area is 187 Å². The van der Waals surface area contributed by atoms with Crippen molar-refractivity contribution in [2.75, 3.05) is 5.32 Å². The highest BCUT2D eigenvalue weighted by molar-refractivity contribution is 6.30. The molecule has 2 heterocycles. The predicted molar refractivity (Wildman–Crippen MR) is 122 cm³/mol. The molecule has 0 saturated heterocycles. The second-order valence-corrected chi connectivity index (χ2v) is 10.4. The molecule has 4 saturated carbocycles. The molecule has 5 nitrogen and oxygen atoms in total. The minimum atomic E-state index is -0.0674. The largest absolute Gasteiger partial charge is 0.326 e. The highest BCUT2D eigenvalue weighted by atomic mass is 35.5. The summed E-state index contributed by atoms with van der Waals surface area (Å²) in [4.78, 5) is 20.9. The molecule has 0 atom stereocenters. The lowest BCUT2D eigenvalue weighted by atomic mass is 9.53. The van der Waals surface area contributed by atoms with Crippen LogP contribution in [0.15, 0.2) is 36.5 Å². The van der Waals surface area contributed by atoms with E-state index in [1.807, 2.05) is 24.3 Å². The van der Waals surface area contributed by atoms with Crippen molar-refractivity contribution in [3.63, 3.8) is 0 Å². The standard InChI is InChI=1S/C25H27ClN4O/c1-15(31)28-20-4-5-22-21(11-20)29-23(10-19-3-2-6-27-24(19)26)30(22)25-12-16-7-17(13-25)9-18(8-16)14-25/h2-6,11,16-18H,7-10,12-14H2,1H3,(H,28,31). The first kappa shape index (κ1) is 19.3. The fourth-order valence-electron chi connectivity index (χ4n) is 7.12. The first-order chi connectivity index (χ1) is 15.0. The summed E-state index contributed by atoms with van der Waals surface area (Å²) in [5, 5.41) is 3.45. The maximum absolute atomic E-state index is 11.6. The molecule has 1 N–H and O–H groups in total. The van der Waals surface area contributed by atoms with Crippen molar-refractivity contribution in [3.05, 3.63) is 53.1 Å². The third kappa shape index (κ3) is 3.25. The molecule has 0 unspecified atom stereocenters. The van der Waals surface area contributed by atoms with E-state index < -0.39 is 0 Å². The Morgan fingerprint density at radius 1 is 1.16 bits per heavy atom. The van der Waals surface area contributed by atoms with Crippen molar-refractivity contribution in [2.24, 2.45) is 17.8 Å². The van der Waals surface area contributed by atoms with Crippen LogP contribution in [0.1, 0.15) is 56.8 Å². The molecule has 0 spiro atoms. The first-order valence-corrected chi connectivity index (χ1v) is 11.8. The van der Waals surface area contributed by atoms with E-state index >= 15 is 0 Å². The maximum Gasteiger partial charge on any atom is 0.221 e. The molecule has 2 aromatic heterocycles. The molecular formula is C25H27ClN4O. The SMILES string of the molecule is CC(=O)Nc1ccc2c(c1)nc(Cc1cccnc1Cl)n2C12CC3CC(CC(C3)C1)C2. The first-order valence-electron chi connectivity index (χ1n) is 11.4. The van der Waals surface area contributed by atoms with Crippen LogP contribution in [0.5, 0.6) is 0 Å². The molecule has 4 aliphatic carbocycles. The van der Waals surface area contributed by atoms with Crippen LogP contribution in [-0.2, 0) is 16.8 Å². The van der Waals surface area contributed by atoms with Crippen LogP contribution in [0.2, 0.25) is 5.15 Å². The molecule has 1 amide bonds. The lowest BCUT2D eigenvalue weighted by Gasteiger charge is -2.57. The quantitative estimate of drug-likeness (QED) is 0.547. The number of anilines is 1. The van der Waals surface area contributed by atoms with Crippen molar-refractivity contribution in [2.45, 2.75) is 57.4 Å². The zero-order valence-corrected chi connectivity index (χ0v) is 18.5. The van der Waals surface area contributed by atoms with Crippen LogP contribution in [0.3, 0.4) is 0 Å². The normalized spacial score (nSPS) is 28.9. The van der Waals surface area contributed by atoms with E-state index in [1.54, 1.807) is 6.20 Å². The van der Waals surface area contributed by atoms with Crippen molar-refractivity contribution in [1.82, 2.24) is 14.5 Å². The molecule has 4 bridgehead atoms. The van der Waals surface area contributed by atoms with Gasteiger partial charge in [-0.3, -0.25) is 4.79 Å². The van der Waals surface area contributed by atoms with Crippen LogP contribution in [-0.4, -0.2) is 20.4 Å². The Morgan fingerprint density at radius 3 is 2.52 bits per heavy atom. The molecule has 0 radical (unpaired) electrons. The van der Waals surface area contributed by atoms with Gasteiger partial charge in [-0.05, 0) is 86.1 Å². The van der Waals surface area contributed by atoms with E-state index in [1.165, 1.54) is 51.0 Å². The average molecular weight is 435 g/mol. The third-order valence-corrected chi connectivity index (χ3v) is 8.05. The number of fused-ring (bicyclic) bond motifs is 1. The van der Waals surface area contributed by atoms with E-state index in [2.05, 4.69) is 20.9 Å². The number of nitrogens with zero attached hydrogens (tertiary/aromatic N) is 3. The van der Waals surface area contributed by atoms with Gasteiger partial charge in [0.2, 0.25) is 5.91 Å². The molecule has 6 heteroatoms. The summed E-state index contributed by atoms with van der Waals surface area (Å²) in [6.07, 6.45) is 10.4. The molecule has 4 fully saturated rings. The number of nitrogens with one attached hydrogen (secondary N) is 1. The topological polar surface area (TPSA) is 59.8 Å². The molecule has 160 valence electrons. The van der Waals surface area contributed by atoms with Crippen LogP contribution in [0, 0.1) is 17.8 Å². The Balaban J connectivity index is 1.51. The summed E-state index contributed by atoms with van der Waals surface area (Å²) < 4.78 is 2.56. The summed E-state index contributed by atoms with van der Waals surface area (Å²) in [7, 11) is 0. The monoisotopic (exact) mass is 434 g/mol. The molecule has 1 aromatic carbocycles. The van der Waals surface area contributed by atoms with Gasteiger partial charge in [-0.1, -0.05) is 17.7 Å². The summed E-state index contributed by atoms with van der Waals surface area (Å²) in [6, 6.07) is 10.1. The third-order valence-electron chi connectivity index (χ3n) is 7.71. The van der Waals surface area contributed by atoms with E-state index in [-0.39, 0.29) is 11.4 Å². The number of carbonyl (C=O) groups is 1. The van der Waals surface area contributed by atoms with E-state index in [0.29, 0.717) is 11.6 Å². The summed E-state index contributed by atoms with van der Waals surface area (Å²) >= 11 is 6.43. The van der Waals surface area contributed by atoms with Gasteiger partial charge in [0, 0.05) is 30.8 Å². The van der Waals surface area contributed by atoms with Gasteiger partial charge in [0.15, 0.2) is 0 Å². The van der Waals surface area contributed by atoms with E-state index in [9.17, 15) is 4.79 Å². The van der Waals surface area contributed by atoms with Gasteiger partial charge in [-0.25, -0.2) is 9.97 Å².